The number of benzene rings is 1. The zero-order chi connectivity index (χ0) is 16.3. The van der Waals surface area contributed by atoms with Gasteiger partial charge in [-0.25, -0.2) is 0 Å². The zero-order valence-electron chi connectivity index (χ0n) is 15.0. The molecule has 1 saturated carbocycles. The lowest BCUT2D eigenvalue weighted by Gasteiger charge is -2.41. The van der Waals surface area contributed by atoms with Gasteiger partial charge in [0.2, 0.25) is 0 Å². The molecule has 0 aliphatic heterocycles. The molecule has 1 aromatic carbocycles. The van der Waals surface area contributed by atoms with Crippen molar-refractivity contribution in [2.45, 2.75) is 77.7 Å². The molecule has 0 bridgehead atoms. The SMILES string of the molecule is CNC1c2c(O)c(C(C)(C)C)cc(C)c2C2CCCCC21C. The molecule has 2 heteroatoms. The number of hydrogen-bond acceptors (Lipinski definition) is 2. The molecule has 22 heavy (non-hydrogen) atoms. The summed E-state index contributed by atoms with van der Waals surface area (Å²) in [4.78, 5) is 0. The third-order valence-electron chi connectivity index (χ3n) is 6.23. The molecule has 3 unspecified atom stereocenters. The summed E-state index contributed by atoms with van der Waals surface area (Å²) < 4.78 is 0. The zero-order valence-corrected chi connectivity index (χ0v) is 15.0. The van der Waals surface area contributed by atoms with E-state index in [0.717, 1.165) is 5.56 Å². The first-order valence-electron chi connectivity index (χ1n) is 8.76. The second kappa shape index (κ2) is 4.99. The molecule has 0 aromatic heterocycles. The van der Waals surface area contributed by atoms with Gasteiger partial charge in [0.1, 0.15) is 5.75 Å². The summed E-state index contributed by atoms with van der Waals surface area (Å²) in [5.74, 6) is 1.14. The van der Waals surface area contributed by atoms with E-state index >= 15 is 0 Å². The molecule has 2 nitrogen and oxygen atoms in total. The number of phenols is 1. The molecule has 0 saturated heterocycles. The minimum absolute atomic E-state index is 0.0309. The molecule has 2 aliphatic carbocycles. The Hall–Kier alpha value is -1.02. The number of aromatic hydroxyl groups is 1. The second-order valence-corrected chi connectivity index (χ2v) is 8.69. The lowest BCUT2D eigenvalue weighted by atomic mass is 9.66. The van der Waals surface area contributed by atoms with Gasteiger partial charge in [0.05, 0.1) is 0 Å². The molecule has 1 aromatic rings. The van der Waals surface area contributed by atoms with Crippen LogP contribution in [0.2, 0.25) is 0 Å². The van der Waals surface area contributed by atoms with Gasteiger partial charge >= 0.3 is 0 Å². The summed E-state index contributed by atoms with van der Waals surface area (Å²) in [5.41, 5.74) is 5.30. The Morgan fingerprint density at radius 1 is 1.23 bits per heavy atom. The molecule has 3 atom stereocenters. The molecule has 3 rings (SSSR count). The third-order valence-corrected chi connectivity index (χ3v) is 6.23. The van der Waals surface area contributed by atoms with Crippen molar-refractivity contribution >= 4 is 0 Å². The van der Waals surface area contributed by atoms with E-state index in [1.165, 1.54) is 42.4 Å². The van der Waals surface area contributed by atoms with E-state index in [1.807, 2.05) is 0 Å². The summed E-state index contributed by atoms with van der Waals surface area (Å²) in [6.07, 6.45) is 5.14. The normalized spacial score (nSPS) is 31.0. The van der Waals surface area contributed by atoms with E-state index in [-0.39, 0.29) is 16.9 Å². The molecule has 0 amide bonds. The van der Waals surface area contributed by atoms with Gasteiger partial charge < -0.3 is 10.4 Å². The van der Waals surface area contributed by atoms with Crippen LogP contribution in [0.4, 0.5) is 0 Å². The second-order valence-electron chi connectivity index (χ2n) is 8.69. The van der Waals surface area contributed by atoms with Crippen LogP contribution in [0.25, 0.3) is 0 Å². The average Bonchev–Trinajstić information content (AvgIpc) is 2.70. The molecular formula is C20H31NO. The number of phenolic OH excluding ortho intramolecular Hbond substituents is 1. The first kappa shape index (κ1) is 15.9. The van der Waals surface area contributed by atoms with Crippen LogP contribution in [0.1, 0.15) is 87.6 Å². The van der Waals surface area contributed by atoms with E-state index in [1.54, 1.807) is 0 Å². The Bertz CT molecular complexity index is 599. The number of nitrogens with one attached hydrogen (secondary N) is 1. The van der Waals surface area contributed by atoms with Gasteiger partial charge in [-0.05, 0) is 60.3 Å². The highest BCUT2D eigenvalue weighted by atomic mass is 16.3. The van der Waals surface area contributed by atoms with Crippen molar-refractivity contribution in [3.63, 3.8) is 0 Å². The van der Waals surface area contributed by atoms with Gasteiger partial charge in [0.25, 0.3) is 0 Å². The number of hydrogen-bond donors (Lipinski definition) is 2. The lowest BCUT2D eigenvalue weighted by molar-refractivity contribution is 0.140. The van der Waals surface area contributed by atoms with Crippen molar-refractivity contribution in [1.29, 1.82) is 0 Å². The lowest BCUT2D eigenvalue weighted by Crippen LogP contribution is -2.35. The van der Waals surface area contributed by atoms with Gasteiger partial charge in [-0.15, -0.1) is 0 Å². The van der Waals surface area contributed by atoms with Crippen molar-refractivity contribution in [2.24, 2.45) is 5.41 Å². The quantitative estimate of drug-likeness (QED) is 0.770. The summed E-state index contributed by atoms with van der Waals surface area (Å²) in [7, 11) is 2.05. The monoisotopic (exact) mass is 301 g/mol. The molecule has 0 radical (unpaired) electrons. The highest BCUT2D eigenvalue weighted by Gasteiger charge is 2.52. The number of aryl methyl sites for hydroxylation is 1. The predicted molar refractivity (Wildman–Crippen MR) is 92.7 cm³/mol. The van der Waals surface area contributed by atoms with Crippen LogP contribution in [0, 0.1) is 12.3 Å². The summed E-state index contributed by atoms with van der Waals surface area (Å²) in [5, 5.41) is 14.6. The maximum absolute atomic E-state index is 11.1. The van der Waals surface area contributed by atoms with Gasteiger partial charge in [0.15, 0.2) is 0 Å². The number of rotatable bonds is 1. The Balaban J connectivity index is 2.27. The smallest absolute Gasteiger partial charge is 0.124 e. The summed E-state index contributed by atoms with van der Waals surface area (Å²) in [6.45, 7) is 11.2. The average molecular weight is 301 g/mol. The van der Waals surface area contributed by atoms with Crippen LogP contribution in [0.3, 0.4) is 0 Å². The highest BCUT2D eigenvalue weighted by Crippen LogP contribution is 2.63. The van der Waals surface area contributed by atoms with Crippen LogP contribution in [0.15, 0.2) is 6.07 Å². The van der Waals surface area contributed by atoms with Crippen LogP contribution in [-0.4, -0.2) is 12.2 Å². The van der Waals surface area contributed by atoms with Crippen molar-refractivity contribution in [2.75, 3.05) is 7.05 Å². The molecule has 0 spiro atoms. The molecule has 2 N–H and O–H groups in total. The molecule has 0 heterocycles. The Morgan fingerprint density at radius 2 is 1.91 bits per heavy atom. The van der Waals surface area contributed by atoms with Crippen molar-refractivity contribution in [3.8, 4) is 5.75 Å². The minimum Gasteiger partial charge on any atom is -0.507 e. The first-order valence-corrected chi connectivity index (χ1v) is 8.76. The molecular weight excluding hydrogens is 270 g/mol. The van der Waals surface area contributed by atoms with Crippen LogP contribution < -0.4 is 5.32 Å². The van der Waals surface area contributed by atoms with E-state index in [4.69, 9.17) is 0 Å². The highest BCUT2D eigenvalue weighted by molar-refractivity contribution is 5.59. The Morgan fingerprint density at radius 3 is 2.50 bits per heavy atom. The first-order chi connectivity index (χ1) is 10.2. The van der Waals surface area contributed by atoms with Gasteiger partial charge in [-0.1, -0.05) is 46.6 Å². The van der Waals surface area contributed by atoms with Gasteiger partial charge in [-0.3, -0.25) is 0 Å². The summed E-state index contributed by atoms with van der Waals surface area (Å²) in [6, 6.07) is 2.51. The van der Waals surface area contributed by atoms with Crippen molar-refractivity contribution in [1.82, 2.24) is 5.32 Å². The fourth-order valence-electron chi connectivity index (χ4n) is 5.16. The summed E-state index contributed by atoms with van der Waals surface area (Å²) >= 11 is 0. The van der Waals surface area contributed by atoms with Crippen molar-refractivity contribution < 1.29 is 5.11 Å². The standard InChI is InChI=1S/C20H31NO/c1-12-11-14(19(2,3)4)17(22)16-15(12)13-9-7-8-10-20(13,5)18(16)21-6/h11,13,18,21-22H,7-10H2,1-6H3. The van der Waals surface area contributed by atoms with Crippen LogP contribution in [-0.2, 0) is 5.41 Å². The molecule has 122 valence electrons. The van der Waals surface area contributed by atoms with Gasteiger partial charge in [-0.2, -0.15) is 0 Å². The maximum atomic E-state index is 11.1. The Labute approximate surface area is 135 Å². The fourth-order valence-corrected chi connectivity index (χ4v) is 5.16. The van der Waals surface area contributed by atoms with Crippen LogP contribution >= 0.6 is 0 Å². The molecule has 2 aliphatic rings. The van der Waals surface area contributed by atoms with Crippen molar-refractivity contribution in [3.05, 3.63) is 28.3 Å². The minimum atomic E-state index is -0.0309. The third kappa shape index (κ3) is 2.03. The van der Waals surface area contributed by atoms with Gasteiger partial charge in [0, 0.05) is 11.6 Å². The number of fused-ring (bicyclic) bond motifs is 3. The van der Waals surface area contributed by atoms with E-state index < -0.39 is 0 Å². The maximum Gasteiger partial charge on any atom is 0.124 e. The largest absolute Gasteiger partial charge is 0.507 e. The Kier molecular flexibility index (Phi) is 3.60. The topological polar surface area (TPSA) is 32.3 Å². The van der Waals surface area contributed by atoms with Crippen LogP contribution in [0.5, 0.6) is 5.75 Å². The van der Waals surface area contributed by atoms with E-state index in [2.05, 4.69) is 53.0 Å². The fraction of sp³-hybridized carbons (Fsp3) is 0.700. The predicted octanol–water partition coefficient (Wildman–Crippen LogP) is 4.94. The molecule has 1 fully saturated rings. The van der Waals surface area contributed by atoms with E-state index in [0.29, 0.717) is 11.7 Å². The van der Waals surface area contributed by atoms with E-state index in [9.17, 15) is 5.11 Å².